The SMILES string of the molecule is CC1=[NH+]/C(=C\c2[nH]c(C)c3ccccc23)c2cc3c(cc21)/C(=C/c1[nH]c(C)c2ccccc12)[NH+]=C3C. The number of hydrogen-bond donors (Lipinski definition) is 4. The zero-order chi connectivity index (χ0) is 24.6. The number of nitrogens with one attached hydrogen (secondary N) is 4. The molecule has 4 heteroatoms. The molecule has 0 spiro atoms. The summed E-state index contributed by atoms with van der Waals surface area (Å²) in [4.78, 5) is 14.5. The molecule has 2 aliphatic rings. The van der Waals surface area contributed by atoms with E-state index in [1.54, 1.807) is 0 Å². The first-order chi connectivity index (χ1) is 17.5. The number of aromatic nitrogens is 2. The fourth-order valence-corrected chi connectivity index (χ4v) is 5.85. The highest BCUT2D eigenvalue weighted by Gasteiger charge is 2.33. The van der Waals surface area contributed by atoms with Crippen LogP contribution >= 0.6 is 0 Å². The van der Waals surface area contributed by atoms with Gasteiger partial charge in [-0.15, -0.1) is 0 Å². The van der Waals surface area contributed by atoms with Crippen molar-refractivity contribution >= 4 is 56.5 Å². The van der Waals surface area contributed by atoms with E-state index >= 15 is 0 Å². The molecular formula is C32H28N4+2. The highest BCUT2D eigenvalue weighted by atomic mass is 14.8. The molecule has 0 fully saturated rings. The Morgan fingerprint density at radius 1 is 0.528 bits per heavy atom. The maximum Gasteiger partial charge on any atom is 0.214 e. The third kappa shape index (κ3) is 3.01. The van der Waals surface area contributed by atoms with Crippen LogP contribution in [0, 0.1) is 13.8 Å². The summed E-state index contributed by atoms with van der Waals surface area (Å²) in [5.74, 6) is 0. The minimum absolute atomic E-state index is 1.13. The lowest BCUT2D eigenvalue weighted by molar-refractivity contribution is -0.337. The monoisotopic (exact) mass is 468 g/mol. The Morgan fingerprint density at radius 3 is 1.33 bits per heavy atom. The van der Waals surface area contributed by atoms with Gasteiger partial charge in [-0.2, -0.15) is 0 Å². The Kier molecular flexibility index (Phi) is 4.37. The van der Waals surface area contributed by atoms with E-state index in [9.17, 15) is 0 Å². The van der Waals surface area contributed by atoms with Gasteiger partial charge < -0.3 is 9.97 Å². The molecule has 0 saturated carbocycles. The highest BCUT2D eigenvalue weighted by molar-refractivity contribution is 6.11. The molecule has 2 aliphatic heterocycles. The number of fused-ring (bicyclic) bond motifs is 4. The van der Waals surface area contributed by atoms with E-state index in [4.69, 9.17) is 0 Å². The Morgan fingerprint density at radius 2 is 0.917 bits per heavy atom. The molecule has 36 heavy (non-hydrogen) atoms. The summed E-state index contributed by atoms with van der Waals surface area (Å²) in [6, 6.07) is 21.8. The van der Waals surface area contributed by atoms with Gasteiger partial charge in [-0.05, 0) is 26.0 Å². The molecular weight excluding hydrogens is 440 g/mol. The zero-order valence-electron chi connectivity index (χ0n) is 20.9. The second-order valence-electron chi connectivity index (χ2n) is 9.98. The van der Waals surface area contributed by atoms with Crippen molar-refractivity contribution in [3.63, 3.8) is 0 Å². The summed E-state index contributed by atoms with van der Waals surface area (Å²) in [5.41, 5.74) is 14.3. The van der Waals surface area contributed by atoms with Gasteiger partial charge in [-0.1, -0.05) is 48.5 Å². The van der Waals surface area contributed by atoms with Gasteiger partial charge in [0, 0.05) is 58.9 Å². The normalized spacial score (nSPS) is 16.8. The Labute approximate surface area is 209 Å². The largest absolute Gasteiger partial charge is 0.358 e. The summed E-state index contributed by atoms with van der Waals surface area (Å²) in [5, 5.41) is 5.04. The summed E-state index contributed by atoms with van der Waals surface area (Å²) in [6.45, 7) is 8.59. The van der Waals surface area contributed by atoms with Crippen LogP contribution in [-0.2, 0) is 0 Å². The molecule has 2 aromatic heterocycles. The first-order valence-electron chi connectivity index (χ1n) is 12.5. The van der Waals surface area contributed by atoms with Crippen LogP contribution in [0.3, 0.4) is 0 Å². The number of aromatic amines is 2. The van der Waals surface area contributed by atoms with E-state index in [0.29, 0.717) is 0 Å². The van der Waals surface area contributed by atoms with Gasteiger partial charge in [0.1, 0.15) is 0 Å². The average Bonchev–Trinajstić information content (AvgIpc) is 3.57. The summed E-state index contributed by atoms with van der Waals surface area (Å²) < 4.78 is 0. The lowest BCUT2D eigenvalue weighted by Gasteiger charge is -2.02. The first kappa shape index (κ1) is 20.9. The molecule has 0 radical (unpaired) electrons. The van der Waals surface area contributed by atoms with Gasteiger partial charge in [0.15, 0.2) is 11.4 Å². The van der Waals surface area contributed by atoms with E-state index < -0.39 is 0 Å². The molecule has 0 unspecified atom stereocenters. The van der Waals surface area contributed by atoms with Crippen molar-refractivity contribution in [3.8, 4) is 0 Å². The third-order valence-corrected chi connectivity index (χ3v) is 7.65. The van der Waals surface area contributed by atoms with Crippen molar-refractivity contribution in [2.24, 2.45) is 0 Å². The molecule has 5 aromatic rings. The predicted molar refractivity (Wildman–Crippen MR) is 150 cm³/mol. The third-order valence-electron chi connectivity index (χ3n) is 7.65. The van der Waals surface area contributed by atoms with Crippen LogP contribution in [0.25, 0.3) is 45.1 Å². The average molecular weight is 469 g/mol. The number of benzene rings is 3. The number of hydrogen-bond acceptors (Lipinski definition) is 0. The maximum absolute atomic E-state index is 3.65. The van der Waals surface area contributed by atoms with E-state index in [-0.39, 0.29) is 0 Å². The van der Waals surface area contributed by atoms with E-state index in [1.807, 2.05) is 0 Å². The van der Waals surface area contributed by atoms with Crippen molar-refractivity contribution in [1.82, 2.24) is 9.97 Å². The molecule has 4 N–H and O–H groups in total. The fourth-order valence-electron chi connectivity index (χ4n) is 5.85. The molecule has 3 aromatic carbocycles. The summed E-state index contributed by atoms with van der Waals surface area (Å²) >= 11 is 0. The van der Waals surface area contributed by atoms with Crippen molar-refractivity contribution < 1.29 is 9.98 Å². The first-order valence-corrected chi connectivity index (χ1v) is 12.5. The van der Waals surface area contributed by atoms with E-state index in [1.165, 1.54) is 66.6 Å². The van der Waals surface area contributed by atoms with E-state index in [2.05, 4.69) is 120 Å². The molecule has 0 bridgehead atoms. The predicted octanol–water partition coefficient (Wildman–Crippen LogP) is 4.07. The second-order valence-corrected chi connectivity index (χ2v) is 9.98. The lowest BCUT2D eigenvalue weighted by Crippen LogP contribution is -2.66. The van der Waals surface area contributed by atoms with Crippen LogP contribution in [0.2, 0.25) is 0 Å². The molecule has 174 valence electrons. The van der Waals surface area contributed by atoms with Crippen molar-refractivity contribution in [1.29, 1.82) is 0 Å². The number of rotatable bonds is 2. The molecule has 0 amide bonds. The Balaban J connectivity index is 1.36. The quantitative estimate of drug-likeness (QED) is 0.302. The molecule has 0 aliphatic carbocycles. The van der Waals surface area contributed by atoms with Crippen LogP contribution < -0.4 is 9.98 Å². The topological polar surface area (TPSA) is 59.5 Å². The smallest absolute Gasteiger partial charge is 0.214 e. The Hall–Kier alpha value is -4.44. The molecule has 4 heterocycles. The van der Waals surface area contributed by atoms with Crippen molar-refractivity contribution in [2.45, 2.75) is 27.7 Å². The van der Waals surface area contributed by atoms with Gasteiger partial charge in [-0.25, -0.2) is 9.98 Å². The van der Waals surface area contributed by atoms with Crippen LogP contribution in [-0.4, -0.2) is 21.4 Å². The van der Waals surface area contributed by atoms with E-state index in [0.717, 1.165) is 22.8 Å². The minimum atomic E-state index is 1.13. The van der Waals surface area contributed by atoms with Gasteiger partial charge in [0.05, 0.1) is 33.6 Å². The van der Waals surface area contributed by atoms with Gasteiger partial charge in [0.2, 0.25) is 11.4 Å². The minimum Gasteiger partial charge on any atom is -0.358 e. The van der Waals surface area contributed by atoms with Gasteiger partial charge in [-0.3, -0.25) is 0 Å². The van der Waals surface area contributed by atoms with Crippen LogP contribution in [0.15, 0.2) is 60.7 Å². The van der Waals surface area contributed by atoms with Gasteiger partial charge in [0.25, 0.3) is 0 Å². The molecule has 7 rings (SSSR count). The second kappa shape index (κ2) is 7.53. The van der Waals surface area contributed by atoms with Crippen LogP contribution in [0.4, 0.5) is 0 Å². The molecule has 4 nitrogen and oxygen atoms in total. The Bertz CT molecular complexity index is 1730. The standard InChI is InChI=1S/C32H26N4/c1-17-21-9-5-7-11-23(21)29(33-17)15-31-27-13-26-20(4)36-32(28(26)14-25(27)19(3)35-31)16-30-24-12-8-6-10-22(24)18(2)34-30/h5-16,33-34H,1-4H3/p+2/b31-15-,32-16-. The maximum atomic E-state index is 3.65. The number of H-pyrrole nitrogens is 2. The number of aryl methyl sites for hydroxylation is 2. The summed E-state index contributed by atoms with van der Waals surface area (Å²) in [7, 11) is 0. The highest BCUT2D eigenvalue weighted by Crippen LogP contribution is 2.32. The van der Waals surface area contributed by atoms with Crippen LogP contribution in [0.5, 0.6) is 0 Å². The fraction of sp³-hybridized carbons (Fsp3) is 0.125. The van der Waals surface area contributed by atoms with Crippen LogP contribution in [0.1, 0.15) is 58.9 Å². The summed E-state index contributed by atoms with van der Waals surface area (Å²) in [6.07, 6.45) is 4.50. The molecule has 0 saturated heterocycles. The van der Waals surface area contributed by atoms with Crippen molar-refractivity contribution in [2.75, 3.05) is 0 Å². The van der Waals surface area contributed by atoms with Gasteiger partial charge >= 0.3 is 0 Å². The zero-order valence-corrected chi connectivity index (χ0v) is 20.9. The lowest BCUT2D eigenvalue weighted by atomic mass is 9.94. The van der Waals surface area contributed by atoms with Crippen molar-refractivity contribution in [3.05, 3.63) is 106 Å². The molecule has 0 atom stereocenters.